The number of hydrogen-bond acceptors (Lipinski definition) is 5. The van der Waals surface area contributed by atoms with Gasteiger partial charge in [0.25, 0.3) is 5.91 Å². The number of anilines is 2. The Morgan fingerprint density at radius 3 is 2.67 bits per heavy atom. The molecule has 1 fully saturated rings. The van der Waals surface area contributed by atoms with Crippen molar-refractivity contribution in [3.63, 3.8) is 0 Å². The monoisotopic (exact) mass is 362 g/mol. The predicted octanol–water partition coefficient (Wildman–Crippen LogP) is 2.64. The maximum atomic E-state index is 12.4. The fraction of sp³-hybridized carbons (Fsp3) is 0.211. The number of nitrogens with one attached hydrogen (secondary N) is 2. The summed E-state index contributed by atoms with van der Waals surface area (Å²) >= 11 is 0. The van der Waals surface area contributed by atoms with Gasteiger partial charge in [-0.05, 0) is 49.2 Å². The zero-order valence-corrected chi connectivity index (χ0v) is 14.6. The van der Waals surface area contributed by atoms with Crippen LogP contribution in [0.1, 0.15) is 29.6 Å². The molecule has 0 saturated carbocycles. The molecule has 0 unspecified atom stereocenters. The summed E-state index contributed by atoms with van der Waals surface area (Å²) in [6, 6.07) is 12.4. The molecule has 8 heteroatoms. The third kappa shape index (κ3) is 3.69. The summed E-state index contributed by atoms with van der Waals surface area (Å²) in [5.74, 6) is 0.540. The van der Waals surface area contributed by atoms with E-state index in [1.54, 1.807) is 41.4 Å². The Bertz CT molecular complexity index is 952. The van der Waals surface area contributed by atoms with Crippen molar-refractivity contribution in [2.45, 2.75) is 19.3 Å². The third-order valence-electron chi connectivity index (χ3n) is 4.39. The van der Waals surface area contributed by atoms with Crippen LogP contribution in [-0.2, 0) is 4.79 Å². The molecule has 3 aromatic rings. The van der Waals surface area contributed by atoms with Gasteiger partial charge in [-0.2, -0.15) is 0 Å². The number of H-pyrrole nitrogens is 1. The fourth-order valence-corrected chi connectivity index (χ4v) is 2.99. The minimum Gasteiger partial charge on any atom is -0.312 e. The van der Waals surface area contributed by atoms with E-state index in [1.807, 2.05) is 12.1 Å². The van der Waals surface area contributed by atoms with E-state index in [-0.39, 0.29) is 17.8 Å². The number of aromatic nitrogens is 4. The molecule has 1 aromatic carbocycles. The van der Waals surface area contributed by atoms with Crippen LogP contribution < -0.4 is 10.2 Å². The van der Waals surface area contributed by atoms with Crippen LogP contribution in [0.4, 0.5) is 11.6 Å². The molecular weight excluding hydrogens is 344 g/mol. The highest BCUT2D eigenvalue weighted by atomic mass is 16.2. The SMILES string of the molecule is O=C(Nc1nnc(-c2ccccn2)[nH]1)c1ccc(N2CCCCC2=O)cc1. The molecule has 1 saturated heterocycles. The van der Waals surface area contributed by atoms with E-state index in [2.05, 4.69) is 25.5 Å². The second-order valence-electron chi connectivity index (χ2n) is 6.24. The van der Waals surface area contributed by atoms with Gasteiger partial charge in [-0.25, -0.2) is 0 Å². The Morgan fingerprint density at radius 1 is 1.07 bits per heavy atom. The molecule has 0 aliphatic carbocycles. The average Bonchev–Trinajstić information content (AvgIpc) is 3.18. The molecule has 4 rings (SSSR count). The van der Waals surface area contributed by atoms with Crippen molar-refractivity contribution in [3.05, 3.63) is 54.2 Å². The molecule has 0 bridgehead atoms. The number of rotatable bonds is 4. The lowest BCUT2D eigenvalue weighted by atomic mass is 10.1. The molecule has 8 nitrogen and oxygen atoms in total. The van der Waals surface area contributed by atoms with Gasteiger partial charge in [-0.15, -0.1) is 10.2 Å². The van der Waals surface area contributed by atoms with E-state index in [0.29, 0.717) is 23.5 Å². The standard InChI is InChI=1S/C19H18N6O2/c26-16-6-2-4-12-25(16)14-9-7-13(8-10-14)18(27)22-19-21-17(23-24-19)15-5-1-3-11-20-15/h1,3,5,7-11H,2,4,6,12H2,(H2,21,22,23,24,27). The lowest BCUT2D eigenvalue weighted by molar-refractivity contribution is -0.119. The van der Waals surface area contributed by atoms with E-state index >= 15 is 0 Å². The minimum absolute atomic E-state index is 0.127. The summed E-state index contributed by atoms with van der Waals surface area (Å²) in [6.07, 6.45) is 4.17. The van der Waals surface area contributed by atoms with Crippen molar-refractivity contribution in [2.24, 2.45) is 0 Å². The average molecular weight is 362 g/mol. The van der Waals surface area contributed by atoms with E-state index in [4.69, 9.17) is 0 Å². The maximum Gasteiger partial charge on any atom is 0.258 e. The second-order valence-corrected chi connectivity index (χ2v) is 6.24. The topological polar surface area (TPSA) is 104 Å². The molecule has 0 radical (unpaired) electrons. The molecule has 136 valence electrons. The zero-order valence-electron chi connectivity index (χ0n) is 14.6. The zero-order chi connectivity index (χ0) is 18.6. The van der Waals surface area contributed by atoms with Crippen LogP contribution in [0.3, 0.4) is 0 Å². The van der Waals surface area contributed by atoms with Crippen LogP contribution in [0.15, 0.2) is 48.7 Å². The van der Waals surface area contributed by atoms with Crippen molar-refractivity contribution >= 4 is 23.5 Å². The number of nitrogens with zero attached hydrogens (tertiary/aromatic N) is 4. The normalized spacial score (nSPS) is 14.2. The van der Waals surface area contributed by atoms with Gasteiger partial charge in [0.2, 0.25) is 11.9 Å². The Labute approximate surface area is 155 Å². The molecule has 1 aliphatic heterocycles. The van der Waals surface area contributed by atoms with Gasteiger partial charge in [0.1, 0.15) is 5.69 Å². The summed E-state index contributed by atoms with van der Waals surface area (Å²) in [5, 5.41) is 10.6. The van der Waals surface area contributed by atoms with Gasteiger partial charge >= 0.3 is 0 Å². The number of carbonyl (C=O) groups excluding carboxylic acids is 2. The van der Waals surface area contributed by atoms with E-state index < -0.39 is 0 Å². The smallest absolute Gasteiger partial charge is 0.258 e. The molecule has 0 spiro atoms. The highest BCUT2D eigenvalue weighted by Crippen LogP contribution is 2.21. The molecule has 1 aliphatic rings. The first-order chi connectivity index (χ1) is 13.2. The number of piperidine rings is 1. The number of carbonyl (C=O) groups is 2. The molecule has 2 amide bonds. The largest absolute Gasteiger partial charge is 0.312 e. The molecule has 0 atom stereocenters. The Morgan fingerprint density at radius 2 is 1.93 bits per heavy atom. The van der Waals surface area contributed by atoms with Crippen LogP contribution in [0.5, 0.6) is 0 Å². The molecular formula is C19H18N6O2. The van der Waals surface area contributed by atoms with Crippen LogP contribution in [-0.4, -0.2) is 38.5 Å². The van der Waals surface area contributed by atoms with Crippen LogP contribution in [0.2, 0.25) is 0 Å². The molecule has 3 heterocycles. The quantitative estimate of drug-likeness (QED) is 0.742. The van der Waals surface area contributed by atoms with E-state index in [1.165, 1.54) is 0 Å². The Hall–Kier alpha value is -3.55. The summed E-state index contributed by atoms with van der Waals surface area (Å²) in [5.41, 5.74) is 1.92. The summed E-state index contributed by atoms with van der Waals surface area (Å²) < 4.78 is 0. The van der Waals surface area contributed by atoms with Crippen LogP contribution in [0.25, 0.3) is 11.5 Å². The Balaban J connectivity index is 1.44. The predicted molar refractivity (Wildman–Crippen MR) is 100 cm³/mol. The van der Waals surface area contributed by atoms with Gasteiger partial charge in [-0.3, -0.25) is 19.9 Å². The van der Waals surface area contributed by atoms with E-state index in [9.17, 15) is 9.59 Å². The van der Waals surface area contributed by atoms with Gasteiger partial charge in [-0.1, -0.05) is 6.07 Å². The first-order valence-corrected chi connectivity index (χ1v) is 8.76. The fourth-order valence-electron chi connectivity index (χ4n) is 2.99. The number of pyridine rings is 1. The highest BCUT2D eigenvalue weighted by Gasteiger charge is 2.20. The molecule has 2 N–H and O–H groups in total. The first-order valence-electron chi connectivity index (χ1n) is 8.76. The third-order valence-corrected chi connectivity index (χ3v) is 4.39. The first kappa shape index (κ1) is 16.9. The van der Waals surface area contributed by atoms with Crippen molar-refractivity contribution in [1.29, 1.82) is 0 Å². The Kier molecular flexibility index (Phi) is 4.61. The van der Waals surface area contributed by atoms with Crippen LogP contribution >= 0.6 is 0 Å². The van der Waals surface area contributed by atoms with Gasteiger partial charge < -0.3 is 9.88 Å². The molecule has 27 heavy (non-hydrogen) atoms. The van der Waals surface area contributed by atoms with Gasteiger partial charge in [0.15, 0.2) is 5.82 Å². The maximum absolute atomic E-state index is 12.4. The van der Waals surface area contributed by atoms with Crippen molar-refractivity contribution in [3.8, 4) is 11.5 Å². The number of amides is 2. The lowest BCUT2D eigenvalue weighted by Crippen LogP contribution is -2.35. The van der Waals surface area contributed by atoms with E-state index in [0.717, 1.165) is 25.1 Å². The number of benzene rings is 1. The molecule has 2 aromatic heterocycles. The van der Waals surface area contributed by atoms with Crippen molar-refractivity contribution in [2.75, 3.05) is 16.8 Å². The summed E-state index contributed by atoms with van der Waals surface area (Å²) in [4.78, 5) is 33.3. The summed E-state index contributed by atoms with van der Waals surface area (Å²) in [7, 11) is 0. The van der Waals surface area contributed by atoms with Gasteiger partial charge in [0, 0.05) is 30.4 Å². The number of hydrogen-bond donors (Lipinski definition) is 2. The van der Waals surface area contributed by atoms with Crippen LogP contribution in [0, 0.1) is 0 Å². The second kappa shape index (κ2) is 7.36. The lowest BCUT2D eigenvalue weighted by Gasteiger charge is -2.26. The van der Waals surface area contributed by atoms with Crippen molar-refractivity contribution < 1.29 is 9.59 Å². The highest BCUT2D eigenvalue weighted by molar-refractivity contribution is 6.04. The minimum atomic E-state index is -0.310. The van der Waals surface area contributed by atoms with Gasteiger partial charge in [0.05, 0.1) is 0 Å². The summed E-state index contributed by atoms with van der Waals surface area (Å²) in [6.45, 7) is 0.721. The van der Waals surface area contributed by atoms with Crippen molar-refractivity contribution in [1.82, 2.24) is 20.2 Å². The number of aromatic amines is 1.